The summed E-state index contributed by atoms with van der Waals surface area (Å²) in [7, 11) is 1.68. The average Bonchev–Trinajstić information content (AvgIpc) is 3.29. The van der Waals surface area contributed by atoms with Gasteiger partial charge in [-0.25, -0.2) is 14.3 Å². The van der Waals surface area contributed by atoms with Crippen LogP contribution in [0.15, 0.2) is 36.7 Å². The predicted octanol–water partition coefficient (Wildman–Crippen LogP) is 1.65. The van der Waals surface area contributed by atoms with Crippen LogP contribution >= 0.6 is 11.6 Å². The van der Waals surface area contributed by atoms with E-state index in [2.05, 4.69) is 20.5 Å². The molecule has 1 atom stereocenters. The quantitative estimate of drug-likeness (QED) is 0.701. The first-order chi connectivity index (χ1) is 13.9. The molecule has 0 bridgehead atoms. The predicted molar refractivity (Wildman–Crippen MR) is 107 cm³/mol. The maximum atomic E-state index is 12.8. The number of aryl methyl sites for hydroxylation is 2. The fourth-order valence-corrected chi connectivity index (χ4v) is 3.42. The number of rotatable bonds is 4. The molecule has 1 N–H and O–H groups in total. The highest BCUT2D eigenvalue weighted by Crippen LogP contribution is 2.21. The molecule has 9 nitrogen and oxygen atoms in total. The molecule has 10 heteroatoms. The lowest BCUT2D eigenvalue weighted by Gasteiger charge is -2.19. The summed E-state index contributed by atoms with van der Waals surface area (Å²) in [6.45, 7) is 2.87. The van der Waals surface area contributed by atoms with Crippen LogP contribution in [-0.2, 0) is 17.9 Å². The molecule has 0 spiro atoms. The number of anilines is 1. The zero-order valence-corrected chi connectivity index (χ0v) is 16.8. The molecule has 0 unspecified atom stereocenters. The summed E-state index contributed by atoms with van der Waals surface area (Å²) >= 11 is 5.89. The molecule has 3 aromatic rings. The van der Waals surface area contributed by atoms with Crippen molar-refractivity contribution in [2.24, 2.45) is 0 Å². The van der Waals surface area contributed by atoms with E-state index in [-0.39, 0.29) is 11.7 Å². The van der Waals surface area contributed by atoms with Gasteiger partial charge in [-0.3, -0.25) is 14.5 Å². The van der Waals surface area contributed by atoms with Crippen molar-refractivity contribution in [2.75, 3.05) is 11.9 Å². The summed E-state index contributed by atoms with van der Waals surface area (Å²) in [5.74, 6) is 0.0572. The topological polar surface area (TPSA) is 97.9 Å². The number of carbonyl (C=O) groups is 2. The Morgan fingerprint density at radius 1 is 1.28 bits per heavy atom. The summed E-state index contributed by atoms with van der Waals surface area (Å²) in [5.41, 5.74) is 1.83. The SMILES string of the molecule is Cc1cc2n(n1)CC[C@@H](NC(=O)c1ncn(Cc3ccc(Cl)cc3)n1)C(=O)N2C. The number of halogens is 1. The van der Waals surface area contributed by atoms with Crippen LogP contribution in [0, 0.1) is 6.92 Å². The lowest BCUT2D eigenvalue weighted by atomic mass is 10.2. The van der Waals surface area contributed by atoms with Gasteiger partial charge in [0.1, 0.15) is 18.2 Å². The van der Waals surface area contributed by atoms with Gasteiger partial charge in [0.15, 0.2) is 0 Å². The third-order valence-corrected chi connectivity index (χ3v) is 5.04. The zero-order valence-electron chi connectivity index (χ0n) is 16.0. The molecule has 0 fully saturated rings. The van der Waals surface area contributed by atoms with Crippen LogP contribution in [0.1, 0.15) is 28.3 Å². The van der Waals surface area contributed by atoms with E-state index in [0.29, 0.717) is 24.5 Å². The molecule has 0 radical (unpaired) electrons. The van der Waals surface area contributed by atoms with E-state index in [0.717, 1.165) is 17.1 Å². The fourth-order valence-electron chi connectivity index (χ4n) is 3.30. The van der Waals surface area contributed by atoms with Gasteiger partial charge in [0.05, 0.1) is 12.2 Å². The van der Waals surface area contributed by atoms with Gasteiger partial charge in [0.25, 0.3) is 11.8 Å². The van der Waals surface area contributed by atoms with Gasteiger partial charge in [0.2, 0.25) is 5.82 Å². The second kappa shape index (κ2) is 7.67. The average molecular weight is 414 g/mol. The summed E-state index contributed by atoms with van der Waals surface area (Å²) < 4.78 is 3.34. The molecule has 4 rings (SSSR count). The Bertz CT molecular complexity index is 1060. The first kappa shape index (κ1) is 19.1. The summed E-state index contributed by atoms with van der Waals surface area (Å²) in [5, 5.41) is 12.0. The second-order valence-corrected chi connectivity index (χ2v) is 7.41. The molecule has 1 aliphatic rings. The number of nitrogens with zero attached hydrogens (tertiary/aromatic N) is 6. The van der Waals surface area contributed by atoms with Crippen LogP contribution in [0.5, 0.6) is 0 Å². The van der Waals surface area contributed by atoms with Gasteiger partial charge in [-0.15, -0.1) is 5.10 Å². The van der Waals surface area contributed by atoms with Crippen molar-refractivity contribution in [1.82, 2.24) is 29.9 Å². The first-order valence-electron chi connectivity index (χ1n) is 9.17. The van der Waals surface area contributed by atoms with Crippen molar-refractivity contribution in [3.8, 4) is 0 Å². The van der Waals surface area contributed by atoms with E-state index in [1.807, 2.05) is 25.1 Å². The lowest BCUT2D eigenvalue weighted by molar-refractivity contribution is -0.120. The van der Waals surface area contributed by atoms with Crippen molar-refractivity contribution in [3.63, 3.8) is 0 Å². The van der Waals surface area contributed by atoms with Gasteiger partial charge in [-0.2, -0.15) is 5.10 Å². The van der Waals surface area contributed by atoms with Crippen LogP contribution in [0.3, 0.4) is 0 Å². The molecular formula is C19H20ClN7O2. The molecule has 0 saturated heterocycles. The molecule has 29 heavy (non-hydrogen) atoms. The number of aromatic nitrogens is 5. The number of hydrogen-bond donors (Lipinski definition) is 1. The normalized spacial score (nSPS) is 16.4. The Morgan fingerprint density at radius 2 is 2.03 bits per heavy atom. The smallest absolute Gasteiger partial charge is 0.291 e. The number of hydrogen-bond acceptors (Lipinski definition) is 5. The standard InChI is InChI=1S/C19H20ClN7O2/c1-12-9-16-25(2)19(29)15(7-8-27(16)23-12)22-18(28)17-21-11-26(24-17)10-13-3-5-14(20)6-4-13/h3-6,9,11,15H,7-8,10H2,1-2H3,(H,22,28)/t15-/m1/s1. The van der Waals surface area contributed by atoms with Crippen molar-refractivity contribution in [3.05, 3.63) is 58.8 Å². The van der Waals surface area contributed by atoms with E-state index in [1.165, 1.54) is 11.2 Å². The summed E-state index contributed by atoms with van der Waals surface area (Å²) in [4.78, 5) is 31.0. The van der Waals surface area contributed by atoms with Crippen LogP contribution in [0.2, 0.25) is 5.02 Å². The summed E-state index contributed by atoms with van der Waals surface area (Å²) in [6.07, 6.45) is 1.93. The number of benzene rings is 1. The third kappa shape index (κ3) is 4.00. The monoisotopic (exact) mass is 413 g/mol. The molecule has 1 aliphatic heterocycles. The fraction of sp³-hybridized carbons (Fsp3) is 0.316. The highest BCUT2D eigenvalue weighted by molar-refractivity contribution is 6.30. The Kier molecular flexibility index (Phi) is 5.06. The number of carbonyl (C=O) groups excluding carboxylic acids is 2. The van der Waals surface area contributed by atoms with Crippen molar-refractivity contribution >= 4 is 29.2 Å². The van der Waals surface area contributed by atoms with Crippen molar-refractivity contribution in [2.45, 2.75) is 32.5 Å². The molecule has 0 saturated carbocycles. The minimum atomic E-state index is -0.669. The van der Waals surface area contributed by atoms with Gasteiger partial charge in [-0.1, -0.05) is 23.7 Å². The molecular weight excluding hydrogens is 394 g/mol. The number of fused-ring (bicyclic) bond motifs is 1. The first-order valence-corrected chi connectivity index (χ1v) is 9.55. The van der Waals surface area contributed by atoms with Gasteiger partial charge >= 0.3 is 0 Å². The molecule has 3 heterocycles. The number of amides is 2. The Morgan fingerprint density at radius 3 is 2.79 bits per heavy atom. The second-order valence-electron chi connectivity index (χ2n) is 6.97. The maximum absolute atomic E-state index is 12.8. The van der Waals surface area contributed by atoms with Crippen molar-refractivity contribution in [1.29, 1.82) is 0 Å². The molecule has 0 aliphatic carbocycles. The zero-order chi connectivity index (χ0) is 20.5. The van der Waals surface area contributed by atoms with Gasteiger partial charge in [-0.05, 0) is 31.0 Å². The largest absolute Gasteiger partial charge is 0.337 e. The van der Waals surface area contributed by atoms with Crippen LogP contribution in [-0.4, -0.2) is 49.4 Å². The van der Waals surface area contributed by atoms with Gasteiger partial charge in [0, 0.05) is 24.7 Å². The van der Waals surface area contributed by atoms with E-state index >= 15 is 0 Å². The van der Waals surface area contributed by atoms with Gasteiger partial charge < -0.3 is 5.32 Å². The summed E-state index contributed by atoms with van der Waals surface area (Å²) in [6, 6.07) is 8.54. The van der Waals surface area contributed by atoms with Crippen LogP contribution < -0.4 is 10.2 Å². The Balaban J connectivity index is 1.43. The number of likely N-dealkylation sites (N-methyl/N-ethyl adjacent to an activating group) is 1. The highest BCUT2D eigenvalue weighted by atomic mass is 35.5. The van der Waals surface area contributed by atoms with Crippen LogP contribution in [0.4, 0.5) is 5.82 Å². The third-order valence-electron chi connectivity index (χ3n) is 4.79. The van der Waals surface area contributed by atoms with E-state index in [9.17, 15) is 9.59 Å². The van der Waals surface area contributed by atoms with E-state index in [1.54, 1.807) is 28.5 Å². The maximum Gasteiger partial charge on any atom is 0.291 e. The minimum Gasteiger partial charge on any atom is -0.337 e. The number of nitrogens with one attached hydrogen (secondary N) is 1. The van der Waals surface area contributed by atoms with E-state index < -0.39 is 11.9 Å². The molecule has 2 aromatic heterocycles. The Hall–Kier alpha value is -3.20. The highest BCUT2D eigenvalue weighted by Gasteiger charge is 2.31. The Labute approximate surface area is 172 Å². The van der Waals surface area contributed by atoms with Crippen molar-refractivity contribution < 1.29 is 9.59 Å². The lowest BCUT2D eigenvalue weighted by Crippen LogP contribution is -2.47. The van der Waals surface area contributed by atoms with E-state index in [4.69, 9.17) is 11.6 Å². The van der Waals surface area contributed by atoms with Crippen LogP contribution in [0.25, 0.3) is 0 Å². The minimum absolute atomic E-state index is 0.0206. The molecule has 2 amide bonds. The molecule has 150 valence electrons. The molecule has 1 aromatic carbocycles.